The SMILES string of the molecule is CCCCCCCCCCCCCCCCCC(=O)OP(=O)(O)O.[CaH2].[CaH2].[MgH2]. The second-order valence-corrected chi connectivity index (χ2v) is 7.82. The summed E-state index contributed by atoms with van der Waals surface area (Å²) in [5, 5.41) is 0. The fraction of sp³-hybridized carbons (Fsp3) is 0.944. The van der Waals surface area contributed by atoms with Crippen LogP contribution in [-0.4, -0.2) is 114 Å². The zero-order valence-electron chi connectivity index (χ0n) is 15.4. The van der Waals surface area contributed by atoms with Gasteiger partial charge in [-0.3, -0.25) is 14.6 Å². The van der Waals surface area contributed by atoms with E-state index in [1.54, 1.807) is 0 Å². The average Bonchev–Trinajstić information content (AvgIpc) is 2.49. The van der Waals surface area contributed by atoms with Crippen molar-refractivity contribution in [2.24, 2.45) is 0 Å². The van der Waals surface area contributed by atoms with E-state index >= 15 is 0 Å². The van der Waals surface area contributed by atoms with E-state index in [1.165, 1.54) is 77.0 Å². The maximum absolute atomic E-state index is 11.1. The summed E-state index contributed by atoms with van der Waals surface area (Å²) in [5.74, 6) is -0.807. The Labute approximate surface area is 242 Å². The molecular formula is C18H43Ca2MgO5P. The summed E-state index contributed by atoms with van der Waals surface area (Å²) in [7, 11) is -4.66. The van der Waals surface area contributed by atoms with E-state index in [4.69, 9.17) is 9.79 Å². The predicted molar refractivity (Wildman–Crippen MR) is 123 cm³/mol. The van der Waals surface area contributed by atoms with Gasteiger partial charge in [-0.1, -0.05) is 96.8 Å². The van der Waals surface area contributed by atoms with Gasteiger partial charge in [0.15, 0.2) is 0 Å². The number of carbonyl (C=O) groups is 1. The van der Waals surface area contributed by atoms with Gasteiger partial charge in [0.25, 0.3) is 0 Å². The second-order valence-electron chi connectivity index (χ2n) is 6.65. The van der Waals surface area contributed by atoms with Crippen molar-refractivity contribution < 1.29 is 23.7 Å². The van der Waals surface area contributed by atoms with Gasteiger partial charge in [-0.2, -0.15) is 0 Å². The Hall–Kier alpha value is 2.91. The van der Waals surface area contributed by atoms with Crippen molar-refractivity contribution in [3.63, 3.8) is 0 Å². The summed E-state index contributed by atoms with van der Waals surface area (Å²) in [6.07, 6.45) is 18.7. The van der Waals surface area contributed by atoms with Crippen LogP contribution in [0.25, 0.3) is 0 Å². The molecule has 0 amide bonds. The molecule has 0 heterocycles. The van der Waals surface area contributed by atoms with Crippen LogP contribution in [0.15, 0.2) is 0 Å². The van der Waals surface area contributed by atoms with Gasteiger partial charge >= 0.3 is 112 Å². The van der Waals surface area contributed by atoms with Crippen LogP contribution in [0.4, 0.5) is 0 Å². The molecule has 156 valence electrons. The summed E-state index contributed by atoms with van der Waals surface area (Å²) in [6.45, 7) is 2.25. The monoisotopic (exact) mass is 474 g/mol. The van der Waals surface area contributed by atoms with Crippen molar-refractivity contribution in [2.75, 3.05) is 0 Å². The van der Waals surface area contributed by atoms with Crippen molar-refractivity contribution in [3.05, 3.63) is 0 Å². The van der Waals surface area contributed by atoms with Crippen LogP contribution in [0.1, 0.15) is 110 Å². The van der Waals surface area contributed by atoms with Gasteiger partial charge in [0, 0.05) is 6.42 Å². The third kappa shape index (κ3) is 33.7. The molecule has 0 aliphatic carbocycles. The van der Waals surface area contributed by atoms with Crippen LogP contribution >= 0.6 is 7.82 Å². The Morgan fingerprint density at radius 1 is 0.704 bits per heavy atom. The van der Waals surface area contributed by atoms with E-state index in [0.717, 1.165) is 12.8 Å². The van der Waals surface area contributed by atoms with Crippen LogP contribution in [-0.2, 0) is 13.9 Å². The van der Waals surface area contributed by atoms with Crippen molar-refractivity contribution in [1.82, 2.24) is 0 Å². The molecule has 0 aromatic heterocycles. The Bertz CT molecular complexity index is 357. The third-order valence-electron chi connectivity index (χ3n) is 4.21. The minimum atomic E-state index is -4.66. The molecule has 0 saturated carbocycles. The van der Waals surface area contributed by atoms with Crippen molar-refractivity contribution in [2.45, 2.75) is 110 Å². The molecule has 0 unspecified atom stereocenters. The van der Waals surface area contributed by atoms with Crippen LogP contribution < -0.4 is 0 Å². The van der Waals surface area contributed by atoms with Gasteiger partial charge in [0.1, 0.15) is 0 Å². The van der Waals surface area contributed by atoms with E-state index in [9.17, 15) is 9.36 Å². The van der Waals surface area contributed by atoms with Crippen molar-refractivity contribution in [3.8, 4) is 0 Å². The average molecular weight is 475 g/mol. The first kappa shape index (κ1) is 37.2. The van der Waals surface area contributed by atoms with E-state index in [0.29, 0.717) is 6.42 Å². The van der Waals surface area contributed by atoms with Gasteiger partial charge in [-0.15, -0.1) is 0 Å². The van der Waals surface area contributed by atoms with Crippen molar-refractivity contribution in [1.29, 1.82) is 0 Å². The molecule has 9 heteroatoms. The van der Waals surface area contributed by atoms with Crippen molar-refractivity contribution >= 4 is 112 Å². The summed E-state index contributed by atoms with van der Waals surface area (Å²) in [4.78, 5) is 28.0. The first-order valence-electron chi connectivity index (χ1n) is 9.73. The normalized spacial score (nSPS) is 10.3. The Morgan fingerprint density at radius 3 is 1.30 bits per heavy atom. The molecule has 0 atom stereocenters. The largest absolute Gasteiger partial charge is 0.316 e. The van der Waals surface area contributed by atoms with E-state index in [-0.39, 0.29) is 105 Å². The molecule has 27 heavy (non-hydrogen) atoms. The number of phosphoric ester groups is 1. The van der Waals surface area contributed by atoms with E-state index in [2.05, 4.69) is 11.4 Å². The molecule has 0 aromatic rings. The molecule has 0 rings (SSSR count). The van der Waals surface area contributed by atoms with Gasteiger partial charge in [-0.05, 0) is 6.42 Å². The number of carbonyl (C=O) groups excluding carboxylic acids is 1. The topological polar surface area (TPSA) is 83.8 Å². The van der Waals surface area contributed by atoms with Crippen LogP contribution in [0.2, 0.25) is 0 Å². The molecule has 0 bridgehead atoms. The fourth-order valence-electron chi connectivity index (χ4n) is 2.82. The maximum atomic E-state index is 11.1. The van der Waals surface area contributed by atoms with Gasteiger partial charge in [0.05, 0.1) is 0 Å². The first-order valence-corrected chi connectivity index (χ1v) is 11.3. The molecular weight excluding hydrogens is 432 g/mol. The standard InChI is InChI=1S/C18H37O5P.2Ca.Mg.6H/c1-2-3-4-5-6-7-8-9-10-11-12-13-14-15-16-17-18(19)23-24(20,21)22;;;;;;;;;/h2-17H2,1H3,(H2,20,21,22);;;;;;;;;. The Balaban J connectivity index is -0.000000882. The smallest absolute Gasteiger partial charge is 0.316 e. The van der Waals surface area contributed by atoms with Gasteiger partial charge < -0.3 is 4.52 Å². The number of phosphoric acid groups is 1. The summed E-state index contributed by atoms with van der Waals surface area (Å²) in [6, 6.07) is 0. The number of hydrogen-bond acceptors (Lipinski definition) is 3. The first-order chi connectivity index (χ1) is 11.5. The molecule has 0 aliphatic rings. The summed E-state index contributed by atoms with van der Waals surface area (Å²) >= 11 is 0. The molecule has 0 spiro atoms. The minimum absolute atomic E-state index is 0. The van der Waals surface area contributed by atoms with E-state index < -0.39 is 13.8 Å². The Kier molecular flexibility index (Phi) is 37.2. The zero-order chi connectivity index (χ0) is 18.1. The molecule has 0 radical (unpaired) electrons. The number of rotatable bonds is 17. The van der Waals surface area contributed by atoms with Crippen LogP contribution in [0.3, 0.4) is 0 Å². The Morgan fingerprint density at radius 2 is 1.00 bits per heavy atom. The van der Waals surface area contributed by atoms with Crippen LogP contribution in [0.5, 0.6) is 0 Å². The third-order valence-corrected chi connectivity index (χ3v) is 4.65. The molecule has 5 nitrogen and oxygen atoms in total. The molecule has 0 saturated heterocycles. The summed E-state index contributed by atoms with van der Waals surface area (Å²) in [5.41, 5.74) is 0. The fourth-order valence-corrected chi connectivity index (χ4v) is 3.18. The predicted octanol–water partition coefficient (Wildman–Crippen LogP) is 3.14. The number of unbranched alkanes of at least 4 members (excludes halogenated alkanes) is 14. The maximum Gasteiger partial charge on any atom is 0.316 e. The van der Waals surface area contributed by atoms with Gasteiger partial charge in [-0.25, -0.2) is 4.57 Å². The molecule has 0 fully saturated rings. The molecule has 0 aliphatic heterocycles. The number of hydrogen-bond donors (Lipinski definition) is 2. The minimum Gasteiger partial charge on any atom is 0.316 e. The molecule has 2 N–H and O–H groups in total. The molecule has 0 aromatic carbocycles. The quantitative estimate of drug-likeness (QED) is 0.192. The second kappa shape index (κ2) is 26.9. The van der Waals surface area contributed by atoms with Crippen LogP contribution in [0, 0.1) is 0 Å². The van der Waals surface area contributed by atoms with E-state index in [1.807, 2.05) is 0 Å². The zero-order valence-corrected chi connectivity index (χ0v) is 16.3. The summed E-state index contributed by atoms with van der Waals surface area (Å²) < 4.78 is 14.4. The van der Waals surface area contributed by atoms with Gasteiger partial charge in [0.2, 0.25) is 0 Å².